The maximum atomic E-state index is 13.7. The van der Waals surface area contributed by atoms with Gasteiger partial charge in [-0.15, -0.1) is 10.2 Å². The number of hydrogen-bond donors (Lipinski definition) is 1. The highest BCUT2D eigenvalue weighted by Gasteiger charge is 2.22. The summed E-state index contributed by atoms with van der Waals surface area (Å²) in [6.07, 6.45) is 3.90. The lowest BCUT2D eigenvalue weighted by Gasteiger charge is -2.17. The van der Waals surface area contributed by atoms with Gasteiger partial charge in [0.1, 0.15) is 11.6 Å². The molecule has 2 aromatic heterocycles. The van der Waals surface area contributed by atoms with Crippen LogP contribution in [0.15, 0.2) is 46.2 Å². The molecule has 1 fully saturated rings. The Morgan fingerprint density at radius 1 is 1.28 bits per heavy atom. The molecular formula is C20H22FN5O2S. The van der Waals surface area contributed by atoms with Gasteiger partial charge in [0.2, 0.25) is 11.9 Å². The number of benzene rings is 1. The van der Waals surface area contributed by atoms with E-state index in [0.29, 0.717) is 23.0 Å². The molecule has 29 heavy (non-hydrogen) atoms. The Bertz CT molecular complexity index is 983. The zero-order valence-corrected chi connectivity index (χ0v) is 16.9. The van der Waals surface area contributed by atoms with E-state index in [1.54, 1.807) is 25.3 Å². The van der Waals surface area contributed by atoms with Gasteiger partial charge in [0, 0.05) is 18.8 Å². The zero-order valence-electron chi connectivity index (χ0n) is 16.1. The number of nitrogens with zero attached hydrogens (tertiary/aromatic N) is 4. The fraction of sp³-hybridized carbons (Fsp3) is 0.350. The topological polar surface area (TPSA) is 76.2 Å². The van der Waals surface area contributed by atoms with E-state index in [1.807, 2.05) is 16.7 Å². The van der Waals surface area contributed by atoms with Crippen molar-refractivity contribution >= 4 is 29.3 Å². The Morgan fingerprint density at radius 3 is 2.83 bits per heavy atom. The molecule has 1 saturated heterocycles. The molecule has 1 amide bonds. The van der Waals surface area contributed by atoms with Crippen LogP contribution in [0.25, 0.3) is 0 Å². The van der Waals surface area contributed by atoms with E-state index in [9.17, 15) is 9.18 Å². The summed E-state index contributed by atoms with van der Waals surface area (Å²) >= 11 is 1.30. The molecule has 152 valence electrons. The number of rotatable bonds is 7. The van der Waals surface area contributed by atoms with Gasteiger partial charge < -0.3 is 14.6 Å². The van der Waals surface area contributed by atoms with Crippen molar-refractivity contribution in [1.29, 1.82) is 0 Å². The van der Waals surface area contributed by atoms with Crippen LogP contribution in [-0.4, -0.2) is 39.5 Å². The highest BCUT2D eigenvalue weighted by molar-refractivity contribution is 7.99. The average Bonchev–Trinajstić information content (AvgIpc) is 3.45. The number of amides is 1. The second-order valence-corrected chi connectivity index (χ2v) is 7.89. The Hall–Kier alpha value is -2.81. The fourth-order valence-corrected chi connectivity index (χ4v) is 3.97. The molecule has 3 heterocycles. The minimum atomic E-state index is -0.344. The van der Waals surface area contributed by atoms with Gasteiger partial charge in [0.05, 0.1) is 18.6 Å². The quantitative estimate of drug-likeness (QED) is 0.593. The molecular weight excluding hydrogens is 393 g/mol. The standard InChI is InChI=1S/C20H22FN5O2S/c1-14-6-7-15(11-17(14)21)22-18(27)13-29-20-24-23-19(25-8-2-3-9-25)26(20)12-16-5-4-10-28-16/h4-7,10-11H,2-3,8-9,12-13H2,1H3,(H,22,27). The van der Waals surface area contributed by atoms with Crippen LogP contribution in [0.3, 0.4) is 0 Å². The second-order valence-electron chi connectivity index (χ2n) is 6.94. The molecule has 9 heteroatoms. The predicted octanol–water partition coefficient (Wildman–Crippen LogP) is 3.70. The summed E-state index contributed by atoms with van der Waals surface area (Å²) in [7, 11) is 0. The minimum absolute atomic E-state index is 0.145. The summed E-state index contributed by atoms with van der Waals surface area (Å²) < 4.78 is 21.1. The predicted molar refractivity (Wildman–Crippen MR) is 110 cm³/mol. The molecule has 1 aliphatic rings. The van der Waals surface area contributed by atoms with Crippen molar-refractivity contribution < 1.29 is 13.6 Å². The van der Waals surface area contributed by atoms with Crippen molar-refractivity contribution in [2.75, 3.05) is 29.1 Å². The van der Waals surface area contributed by atoms with Gasteiger partial charge in [-0.1, -0.05) is 17.8 Å². The largest absolute Gasteiger partial charge is 0.467 e. The van der Waals surface area contributed by atoms with Crippen molar-refractivity contribution in [3.63, 3.8) is 0 Å². The summed E-state index contributed by atoms with van der Waals surface area (Å²) in [4.78, 5) is 14.5. The van der Waals surface area contributed by atoms with E-state index < -0.39 is 0 Å². The molecule has 0 bridgehead atoms. The van der Waals surface area contributed by atoms with Crippen LogP contribution in [0.5, 0.6) is 0 Å². The molecule has 1 N–H and O–H groups in total. The molecule has 0 atom stereocenters. The number of aromatic nitrogens is 3. The van der Waals surface area contributed by atoms with Crippen LogP contribution in [0.4, 0.5) is 16.0 Å². The number of hydrogen-bond acceptors (Lipinski definition) is 6. The summed E-state index contributed by atoms with van der Waals surface area (Å²) in [5.74, 6) is 1.16. The third-order valence-corrected chi connectivity index (χ3v) is 5.73. The molecule has 1 aromatic carbocycles. The van der Waals surface area contributed by atoms with Crippen LogP contribution >= 0.6 is 11.8 Å². The van der Waals surface area contributed by atoms with Gasteiger partial charge in [0.15, 0.2) is 5.16 Å². The average molecular weight is 415 g/mol. The lowest BCUT2D eigenvalue weighted by Crippen LogP contribution is -2.22. The van der Waals surface area contributed by atoms with E-state index in [2.05, 4.69) is 20.4 Å². The van der Waals surface area contributed by atoms with Gasteiger partial charge in [0.25, 0.3) is 0 Å². The lowest BCUT2D eigenvalue weighted by molar-refractivity contribution is -0.113. The van der Waals surface area contributed by atoms with Gasteiger partial charge in [-0.25, -0.2) is 4.39 Å². The first kappa shape index (κ1) is 19.5. The number of furan rings is 1. The minimum Gasteiger partial charge on any atom is -0.467 e. The Balaban J connectivity index is 1.45. The molecule has 0 aliphatic carbocycles. The zero-order chi connectivity index (χ0) is 20.2. The monoisotopic (exact) mass is 415 g/mol. The molecule has 7 nitrogen and oxygen atoms in total. The maximum Gasteiger partial charge on any atom is 0.234 e. The Kier molecular flexibility index (Phi) is 5.84. The number of anilines is 2. The number of aryl methyl sites for hydroxylation is 1. The van der Waals surface area contributed by atoms with Crippen molar-refractivity contribution in [3.05, 3.63) is 53.7 Å². The van der Waals surface area contributed by atoms with Crippen molar-refractivity contribution in [3.8, 4) is 0 Å². The van der Waals surface area contributed by atoms with Crippen LogP contribution in [0.2, 0.25) is 0 Å². The second kappa shape index (κ2) is 8.69. The number of carbonyl (C=O) groups is 1. The molecule has 3 aromatic rings. The molecule has 0 saturated carbocycles. The number of nitrogens with one attached hydrogen (secondary N) is 1. The Labute approximate surface area is 172 Å². The van der Waals surface area contributed by atoms with Gasteiger partial charge >= 0.3 is 0 Å². The maximum absolute atomic E-state index is 13.7. The summed E-state index contributed by atoms with van der Waals surface area (Å²) in [5, 5.41) is 12.0. The third kappa shape index (κ3) is 4.61. The highest BCUT2D eigenvalue weighted by atomic mass is 32.2. The fourth-order valence-electron chi connectivity index (χ4n) is 3.23. The number of halogens is 1. The molecule has 4 rings (SSSR count). The van der Waals surface area contributed by atoms with Gasteiger partial charge in [-0.05, 0) is 49.6 Å². The van der Waals surface area contributed by atoms with Gasteiger partial charge in [-0.3, -0.25) is 9.36 Å². The van der Waals surface area contributed by atoms with E-state index in [1.165, 1.54) is 17.8 Å². The van der Waals surface area contributed by atoms with Crippen molar-refractivity contribution in [2.24, 2.45) is 0 Å². The van der Waals surface area contributed by atoms with Crippen molar-refractivity contribution in [2.45, 2.75) is 31.5 Å². The smallest absolute Gasteiger partial charge is 0.234 e. The van der Waals surface area contributed by atoms with E-state index >= 15 is 0 Å². The van der Waals surface area contributed by atoms with Crippen LogP contribution in [-0.2, 0) is 11.3 Å². The summed E-state index contributed by atoms with van der Waals surface area (Å²) in [6.45, 7) is 4.07. The van der Waals surface area contributed by atoms with Gasteiger partial charge in [-0.2, -0.15) is 0 Å². The van der Waals surface area contributed by atoms with Crippen LogP contribution in [0, 0.1) is 12.7 Å². The SMILES string of the molecule is Cc1ccc(NC(=O)CSc2nnc(N3CCCC3)n2Cc2ccco2)cc1F. The first-order chi connectivity index (χ1) is 14.1. The highest BCUT2D eigenvalue weighted by Crippen LogP contribution is 2.26. The van der Waals surface area contributed by atoms with Crippen LogP contribution in [0.1, 0.15) is 24.2 Å². The number of carbonyl (C=O) groups excluding carboxylic acids is 1. The molecule has 0 spiro atoms. The Morgan fingerprint density at radius 2 is 2.10 bits per heavy atom. The first-order valence-corrected chi connectivity index (χ1v) is 10.5. The molecule has 0 radical (unpaired) electrons. The van der Waals surface area contributed by atoms with Crippen molar-refractivity contribution in [1.82, 2.24) is 14.8 Å². The normalized spacial score (nSPS) is 13.8. The summed E-state index contributed by atoms with van der Waals surface area (Å²) in [6, 6.07) is 8.39. The molecule has 1 aliphatic heterocycles. The first-order valence-electron chi connectivity index (χ1n) is 9.49. The van der Waals surface area contributed by atoms with Crippen LogP contribution < -0.4 is 10.2 Å². The number of thioether (sulfide) groups is 1. The van der Waals surface area contributed by atoms with E-state index in [4.69, 9.17) is 4.42 Å². The summed E-state index contributed by atoms with van der Waals surface area (Å²) in [5.41, 5.74) is 0.978. The molecule has 0 unspecified atom stereocenters. The third-order valence-electron chi connectivity index (χ3n) is 4.77. The van der Waals surface area contributed by atoms with E-state index in [-0.39, 0.29) is 17.5 Å². The lowest BCUT2D eigenvalue weighted by atomic mass is 10.2. The van der Waals surface area contributed by atoms with E-state index in [0.717, 1.165) is 37.6 Å².